The molecule has 8 nitrogen and oxygen atoms in total. The molecular formula is C15H14FN3O5S. The first-order chi connectivity index (χ1) is 11.8. The molecule has 0 spiro atoms. The lowest BCUT2D eigenvalue weighted by molar-refractivity contribution is -0.384. The fraction of sp³-hybridized carbons (Fsp3) is 0.133. The van der Waals surface area contributed by atoms with Gasteiger partial charge in [0, 0.05) is 30.8 Å². The van der Waals surface area contributed by atoms with Crippen LogP contribution >= 0.6 is 0 Å². The van der Waals surface area contributed by atoms with Gasteiger partial charge in [0.2, 0.25) is 15.9 Å². The first-order valence-corrected chi connectivity index (χ1v) is 8.56. The smallest absolute Gasteiger partial charge is 0.269 e. The Labute approximate surface area is 142 Å². The van der Waals surface area contributed by atoms with Gasteiger partial charge in [0.25, 0.3) is 5.69 Å². The Balaban J connectivity index is 1.88. The second kappa shape index (κ2) is 7.81. The molecule has 0 saturated carbocycles. The van der Waals surface area contributed by atoms with E-state index in [0.717, 1.165) is 24.3 Å². The molecule has 0 atom stereocenters. The summed E-state index contributed by atoms with van der Waals surface area (Å²) in [7, 11) is -3.88. The molecule has 0 saturated heterocycles. The van der Waals surface area contributed by atoms with Crippen molar-refractivity contribution in [3.8, 4) is 0 Å². The average Bonchev–Trinajstić information content (AvgIpc) is 2.57. The Hall–Kier alpha value is -2.85. The van der Waals surface area contributed by atoms with Crippen molar-refractivity contribution in [1.29, 1.82) is 0 Å². The van der Waals surface area contributed by atoms with Crippen molar-refractivity contribution < 1.29 is 22.5 Å². The number of amides is 1. The van der Waals surface area contributed by atoms with Crippen LogP contribution in [0.15, 0.2) is 53.4 Å². The third-order valence-electron chi connectivity index (χ3n) is 3.13. The minimum atomic E-state index is -3.88. The van der Waals surface area contributed by atoms with Gasteiger partial charge in [-0.05, 0) is 36.4 Å². The fourth-order valence-corrected chi connectivity index (χ4v) is 2.92. The van der Waals surface area contributed by atoms with Crippen LogP contribution in [0.1, 0.15) is 6.42 Å². The van der Waals surface area contributed by atoms with E-state index in [9.17, 15) is 27.7 Å². The normalized spacial score (nSPS) is 11.1. The van der Waals surface area contributed by atoms with Gasteiger partial charge in [-0.3, -0.25) is 14.9 Å². The Morgan fingerprint density at radius 1 is 1.08 bits per heavy atom. The predicted octanol–water partition coefficient (Wildman–Crippen LogP) is 2.04. The van der Waals surface area contributed by atoms with Crippen LogP contribution in [0.2, 0.25) is 0 Å². The highest BCUT2D eigenvalue weighted by molar-refractivity contribution is 7.89. The molecule has 2 rings (SSSR count). The van der Waals surface area contributed by atoms with E-state index in [4.69, 9.17) is 0 Å². The Kier molecular flexibility index (Phi) is 5.78. The summed E-state index contributed by atoms with van der Waals surface area (Å²) in [6.45, 7) is -0.160. The van der Waals surface area contributed by atoms with Gasteiger partial charge in [0.15, 0.2) is 0 Å². The van der Waals surface area contributed by atoms with Crippen LogP contribution in [0.3, 0.4) is 0 Å². The maximum Gasteiger partial charge on any atom is 0.269 e. The first kappa shape index (κ1) is 18.5. The molecule has 0 radical (unpaired) electrons. The van der Waals surface area contributed by atoms with Crippen molar-refractivity contribution in [1.82, 2.24) is 4.72 Å². The van der Waals surface area contributed by atoms with Gasteiger partial charge in [-0.25, -0.2) is 17.5 Å². The second-order valence-electron chi connectivity index (χ2n) is 4.95. The lowest BCUT2D eigenvalue weighted by Gasteiger charge is -2.07. The molecule has 0 aliphatic carbocycles. The average molecular weight is 367 g/mol. The number of halogens is 1. The Morgan fingerprint density at radius 3 is 2.24 bits per heavy atom. The van der Waals surface area contributed by atoms with E-state index >= 15 is 0 Å². The number of sulfonamides is 1. The monoisotopic (exact) mass is 367 g/mol. The van der Waals surface area contributed by atoms with Crippen LogP contribution < -0.4 is 10.0 Å². The summed E-state index contributed by atoms with van der Waals surface area (Å²) in [6.07, 6.45) is -0.135. The Bertz CT molecular complexity index is 867. The maximum atomic E-state index is 12.8. The molecule has 0 aliphatic rings. The van der Waals surface area contributed by atoms with Crippen LogP contribution in [0.5, 0.6) is 0 Å². The van der Waals surface area contributed by atoms with Crippen LogP contribution in [0.25, 0.3) is 0 Å². The molecule has 2 N–H and O–H groups in total. The standard InChI is InChI=1S/C15H14FN3O5S/c16-11-1-3-12(4-2-11)18-15(20)9-10-17-25(23,24)14-7-5-13(6-8-14)19(21)22/h1-8,17H,9-10H2,(H,18,20). The van der Waals surface area contributed by atoms with E-state index in [-0.39, 0.29) is 23.5 Å². The number of non-ortho nitro benzene ring substituents is 1. The summed E-state index contributed by atoms with van der Waals surface area (Å²) >= 11 is 0. The summed E-state index contributed by atoms with van der Waals surface area (Å²) < 4.78 is 39.1. The lowest BCUT2D eigenvalue weighted by Crippen LogP contribution is -2.27. The largest absolute Gasteiger partial charge is 0.326 e. The summed E-state index contributed by atoms with van der Waals surface area (Å²) in [6, 6.07) is 9.52. The highest BCUT2D eigenvalue weighted by Gasteiger charge is 2.16. The van der Waals surface area contributed by atoms with Gasteiger partial charge in [0.1, 0.15) is 5.82 Å². The second-order valence-corrected chi connectivity index (χ2v) is 6.72. The van der Waals surface area contributed by atoms with E-state index in [1.54, 1.807) is 0 Å². The molecule has 25 heavy (non-hydrogen) atoms. The number of hydrogen-bond donors (Lipinski definition) is 2. The van der Waals surface area contributed by atoms with Gasteiger partial charge in [-0.15, -0.1) is 0 Å². The number of hydrogen-bond acceptors (Lipinski definition) is 5. The molecule has 0 unspecified atom stereocenters. The molecule has 0 aliphatic heterocycles. The van der Waals surface area contributed by atoms with Crippen LogP contribution in [0, 0.1) is 15.9 Å². The van der Waals surface area contributed by atoms with Gasteiger partial charge in [-0.1, -0.05) is 0 Å². The zero-order chi connectivity index (χ0) is 18.4. The number of benzene rings is 2. The molecule has 2 aromatic rings. The predicted molar refractivity (Wildman–Crippen MR) is 87.9 cm³/mol. The molecule has 0 bridgehead atoms. The van der Waals surface area contributed by atoms with Gasteiger partial charge < -0.3 is 5.32 Å². The fourth-order valence-electron chi connectivity index (χ4n) is 1.89. The van der Waals surface area contributed by atoms with Gasteiger partial charge in [0.05, 0.1) is 9.82 Å². The highest BCUT2D eigenvalue weighted by atomic mass is 32.2. The highest BCUT2D eigenvalue weighted by Crippen LogP contribution is 2.15. The molecule has 0 aromatic heterocycles. The molecule has 132 valence electrons. The number of nitro benzene ring substituents is 1. The van der Waals surface area contributed by atoms with E-state index in [0.29, 0.717) is 5.69 Å². The topological polar surface area (TPSA) is 118 Å². The van der Waals surface area contributed by atoms with E-state index in [1.165, 1.54) is 24.3 Å². The van der Waals surface area contributed by atoms with Crippen molar-refractivity contribution in [3.05, 3.63) is 64.5 Å². The molecular weight excluding hydrogens is 353 g/mol. The molecule has 0 fully saturated rings. The summed E-state index contributed by atoms with van der Waals surface area (Å²) in [5.74, 6) is -0.883. The zero-order valence-electron chi connectivity index (χ0n) is 12.8. The first-order valence-electron chi connectivity index (χ1n) is 7.07. The number of nitrogens with one attached hydrogen (secondary N) is 2. The third kappa shape index (κ3) is 5.33. The van der Waals surface area contributed by atoms with Gasteiger partial charge in [-0.2, -0.15) is 0 Å². The van der Waals surface area contributed by atoms with E-state index < -0.39 is 26.7 Å². The van der Waals surface area contributed by atoms with Crippen LogP contribution in [-0.4, -0.2) is 25.8 Å². The van der Waals surface area contributed by atoms with Crippen LogP contribution in [-0.2, 0) is 14.8 Å². The maximum absolute atomic E-state index is 12.8. The van der Waals surface area contributed by atoms with Crippen molar-refractivity contribution in [2.45, 2.75) is 11.3 Å². The minimum Gasteiger partial charge on any atom is -0.326 e. The number of carbonyl (C=O) groups excluding carboxylic acids is 1. The van der Waals surface area contributed by atoms with Crippen molar-refractivity contribution in [2.24, 2.45) is 0 Å². The quantitative estimate of drug-likeness (QED) is 0.573. The SMILES string of the molecule is O=C(CCNS(=O)(=O)c1ccc([N+](=O)[O-])cc1)Nc1ccc(F)cc1. The minimum absolute atomic E-state index is 0.135. The number of rotatable bonds is 7. The summed E-state index contributed by atoms with van der Waals surface area (Å²) in [4.78, 5) is 21.5. The molecule has 10 heteroatoms. The number of nitro groups is 1. The summed E-state index contributed by atoms with van der Waals surface area (Å²) in [5.41, 5.74) is 0.169. The molecule has 2 aromatic carbocycles. The zero-order valence-corrected chi connectivity index (χ0v) is 13.6. The lowest BCUT2D eigenvalue weighted by atomic mass is 10.3. The van der Waals surface area contributed by atoms with Crippen LogP contribution in [0.4, 0.5) is 15.8 Å². The number of carbonyl (C=O) groups is 1. The third-order valence-corrected chi connectivity index (χ3v) is 4.61. The Morgan fingerprint density at radius 2 is 1.68 bits per heavy atom. The summed E-state index contributed by atoms with van der Waals surface area (Å²) in [5, 5.41) is 13.1. The molecule has 1 amide bonds. The number of nitrogens with zero attached hydrogens (tertiary/aromatic N) is 1. The van der Waals surface area contributed by atoms with Crippen molar-refractivity contribution in [2.75, 3.05) is 11.9 Å². The molecule has 0 heterocycles. The van der Waals surface area contributed by atoms with Crippen molar-refractivity contribution >= 4 is 27.3 Å². The van der Waals surface area contributed by atoms with E-state index in [1.807, 2.05) is 0 Å². The van der Waals surface area contributed by atoms with Crippen molar-refractivity contribution in [3.63, 3.8) is 0 Å². The van der Waals surface area contributed by atoms with E-state index in [2.05, 4.69) is 10.0 Å². The number of anilines is 1. The van der Waals surface area contributed by atoms with Gasteiger partial charge >= 0.3 is 0 Å².